The molecule has 1 aromatic carbocycles. The fourth-order valence-corrected chi connectivity index (χ4v) is 13.0. The predicted octanol–water partition coefficient (Wildman–Crippen LogP) is 3.04. The van der Waals surface area contributed by atoms with E-state index in [1.165, 1.54) is 12.2 Å². The topological polar surface area (TPSA) is 194 Å². The summed E-state index contributed by atoms with van der Waals surface area (Å²) >= 11 is 0. The molecular weight excluding hydrogens is 736 g/mol. The molecule has 1 spiro atoms. The van der Waals surface area contributed by atoms with Crippen molar-refractivity contribution in [1.29, 1.82) is 0 Å². The predicted molar refractivity (Wildman–Crippen MR) is 200 cm³/mol. The molecule has 312 valence electrons. The van der Waals surface area contributed by atoms with Gasteiger partial charge in [0.15, 0.2) is 0 Å². The Hall–Kier alpha value is -2.72. The van der Waals surface area contributed by atoms with Crippen molar-refractivity contribution in [3.05, 3.63) is 60.2 Å². The van der Waals surface area contributed by atoms with Gasteiger partial charge in [-0.05, 0) is 62.4 Å². The first-order chi connectivity index (χ1) is 26.9. The number of esters is 2. The molecule has 4 aliphatic carbocycles. The van der Waals surface area contributed by atoms with Gasteiger partial charge in [-0.1, -0.05) is 77.1 Å². The fraction of sp³-hybridized carbons (Fsp3) is 0.727. The first-order valence-electron chi connectivity index (χ1n) is 20.9. The van der Waals surface area contributed by atoms with Crippen LogP contribution in [-0.4, -0.2) is 109 Å². The Kier molecular flexibility index (Phi) is 9.16. The number of fused-ring (bicyclic) bond motifs is 3. The van der Waals surface area contributed by atoms with Gasteiger partial charge in [-0.25, -0.2) is 4.79 Å². The molecular formula is C44H58O13. The minimum atomic E-state index is -2.21. The van der Waals surface area contributed by atoms with Gasteiger partial charge in [0.2, 0.25) is 0 Å². The van der Waals surface area contributed by atoms with Gasteiger partial charge in [-0.15, -0.1) is 0 Å². The van der Waals surface area contributed by atoms with E-state index in [9.17, 15) is 35.1 Å². The zero-order valence-electron chi connectivity index (χ0n) is 33.5. The second-order valence-electron chi connectivity index (χ2n) is 19.3. The maximum Gasteiger partial charge on any atom is 0.331 e. The third kappa shape index (κ3) is 5.26. The molecule has 4 saturated heterocycles. The molecule has 0 amide bonds. The second kappa shape index (κ2) is 13.1. The van der Waals surface area contributed by atoms with Crippen LogP contribution in [0, 0.1) is 47.3 Å². The monoisotopic (exact) mass is 794 g/mol. The summed E-state index contributed by atoms with van der Waals surface area (Å²) in [5, 5.41) is 63.3. The molecule has 0 aromatic heterocycles. The molecule has 5 heterocycles. The number of hydrogen-bond donors (Lipinski definition) is 5. The summed E-state index contributed by atoms with van der Waals surface area (Å²) in [7, 11) is 0. The number of ether oxygens (including phenoxy) is 6. The minimum Gasteiger partial charge on any atom is -0.458 e. The van der Waals surface area contributed by atoms with Crippen molar-refractivity contribution in [3.63, 3.8) is 0 Å². The Morgan fingerprint density at radius 2 is 1.68 bits per heavy atom. The van der Waals surface area contributed by atoms with Gasteiger partial charge < -0.3 is 54.0 Å². The maximum atomic E-state index is 13.7. The van der Waals surface area contributed by atoms with Crippen molar-refractivity contribution in [2.75, 3.05) is 6.61 Å². The largest absolute Gasteiger partial charge is 0.458 e. The van der Waals surface area contributed by atoms with Crippen molar-refractivity contribution < 1.29 is 63.5 Å². The lowest BCUT2D eigenvalue weighted by Gasteiger charge is -2.74. The highest BCUT2D eigenvalue weighted by Gasteiger charge is 2.91. The Bertz CT molecular complexity index is 1830. The first-order valence-corrected chi connectivity index (χ1v) is 20.9. The van der Waals surface area contributed by atoms with E-state index in [1.807, 2.05) is 45.9 Å². The van der Waals surface area contributed by atoms with Crippen molar-refractivity contribution in [2.24, 2.45) is 47.3 Å². The van der Waals surface area contributed by atoms with Gasteiger partial charge in [0, 0.05) is 41.7 Å². The van der Waals surface area contributed by atoms with E-state index >= 15 is 0 Å². The second-order valence-corrected chi connectivity index (χ2v) is 19.3. The number of benzene rings is 1. The molecule has 13 heteroatoms. The highest BCUT2D eigenvalue weighted by atomic mass is 16.9. The van der Waals surface area contributed by atoms with Gasteiger partial charge in [0.1, 0.15) is 53.4 Å². The third-order valence-electron chi connectivity index (χ3n) is 15.8. The van der Waals surface area contributed by atoms with Crippen LogP contribution in [0.25, 0.3) is 0 Å². The van der Waals surface area contributed by atoms with Crippen LogP contribution in [0.4, 0.5) is 0 Å². The van der Waals surface area contributed by atoms with E-state index < -0.39 is 107 Å². The molecule has 13 nitrogen and oxygen atoms in total. The van der Waals surface area contributed by atoms with Crippen LogP contribution in [-0.2, 0) is 44.0 Å². The van der Waals surface area contributed by atoms with Crippen LogP contribution < -0.4 is 0 Å². The molecule has 57 heavy (non-hydrogen) atoms. The van der Waals surface area contributed by atoms with Gasteiger partial charge >= 0.3 is 17.9 Å². The number of hydrogen-bond acceptors (Lipinski definition) is 13. The van der Waals surface area contributed by atoms with E-state index in [-0.39, 0.29) is 48.9 Å². The normalized spacial score (nSPS) is 54.4. The van der Waals surface area contributed by atoms with E-state index in [4.69, 9.17) is 28.4 Å². The van der Waals surface area contributed by atoms with Gasteiger partial charge in [0.05, 0.1) is 17.8 Å². The average molecular weight is 795 g/mol. The number of rotatable bonds is 5. The smallest absolute Gasteiger partial charge is 0.331 e. The molecule has 10 rings (SSSR count). The third-order valence-corrected chi connectivity index (χ3v) is 15.8. The first kappa shape index (κ1) is 39.7. The highest BCUT2D eigenvalue weighted by molar-refractivity contribution is 5.82. The summed E-state index contributed by atoms with van der Waals surface area (Å²) in [6, 6.07) is 9.04. The van der Waals surface area contributed by atoms with Crippen molar-refractivity contribution in [3.8, 4) is 0 Å². The molecule has 9 aliphatic rings. The molecule has 10 bridgehead atoms. The summed E-state index contributed by atoms with van der Waals surface area (Å²) in [6.45, 7) is 10.6. The molecule has 19 atom stereocenters. The summed E-state index contributed by atoms with van der Waals surface area (Å²) < 4.78 is 39.5. The number of allylic oxidation sites excluding steroid dienone is 2. The fourth-order valence-electron chi connectivity index (χ4n) is 13.0. The SMILES string of the molecule is CC(C)CC(=O)O[C@H]1/C=C/C=C\C(=O)O[C@H]2[C@@H](C)C[C@@H]3[C@]2(O)[C@H](O)[C@@]2(CO)O[C@H]2[C@H]2[C@H]4OC5(c6ccccc6)O[C@@H]([C@@H](C)[C@@]23O5)[C@@]4(O)[C@](C)(O)C[C@H]2CC[C@H]1[C@H]2C. The van der Waals surface area contributed by atoms with Crippen LogP contribution in [0.15, 0.2) is 54.6 Å². The number of epoxide rings is 1. The number of aliphatic hydroxyl groups excluding tert-OH is 2. The molecule has 8 fully saturated rings. The van der Waals surface area contributed by atoms with Crippen LogP contribution in [0.2, 0.25) is 0 Å². The van der Waals surface area contributed by atoms with Gasteiger partial charge in [-0.2, -0.15) is 0 Å². The Balaban J connectivity index is 1.22. The molecule has 5 N–H and O–H groups in total. The lowest BCUT2D eigenvalue weighted by molar-refractivity contribution is -0.595. The lowest BCUT2D eigenvalue weighted by Crippen LogP contribution is -2.89. The minimum absolute atomic E-state index is 0.0620. The average Bonchev–Trinajstić information content (AvgIpc) is 3.72. The number of carbonyl (C=O) groups excluding carboxylic acids is 2. The molecule has 5 aliphatic heterocycles. The summed E-state index contributed by atoms with van der Waals surface area (Å²) in [5.41, 5.74) is -8.82. The van der Waals surface area contributed by atoms with Gasteiger partial charge in [0.25, 0.3) is 0 Å². The molecule has 0 radical (unpaired) electrons. The van der Waals surface area contributed by atoms with Crippen LogP contribution in [0.3, 0.4) is 0 Å². The maximum absolute atomic E-state index is 13.7. The van der Waals surface area contributed by atoms with Crippen LogP contribution in [0.1, 0.15) is 79.2 Å². The van der Waals surface area contributed by atoms with E-state index in [0.717, 1.165) is 0 Å². The zero-order valence-corrected chi connectivity index (χ0v) is 33.5. The Labute approximate surface area is 333 Å². The van der Waals surface area contributed by atoms with Crippen LogP contribution in [0.5, 0.6) is 0 Å². The molecule has 4 saturated carbocycles. The molecule has 1 unspecified atom stereocenters. The Morgan fingerprint density at radius 3 is 2.39 bits per heavy atom. The summed E-state index contributed by atoms with van der Waals surface area (Å²) in [5.74, 6) is -6.33. The van der Waals surface area contributed by atoms with E-state index in [2.05, 4.69) is 6.92 Å². The van der Waals surface area contributed by atoms with Gasteiger partial charge in [-0.3, -0.25) is 4.79 Å². The van der Waals surface area contributed by atoms with E-state index in [0.29, 0.717) is 18.4 Å². The molecule has 1 aromatic rings. The number of aliphatic hydroxyl groups is 5. The van der Waals surface area contributed by atoms with Crippen molar-refractivity contribution in [2.45, 2.75) is 144 Å². The van der Waals surface area contributed by atoms with Crippen LogP contribution >= 0.6 is 0 Å². The van der Waals surface area contributed by atoms with E-state index in [1.54, 1.807) is 31.2 Å². The van der Waals surface area contributed by atoms with Crippen molar-refractivity contribution >= 4 is 11.9 Å². The Morgan fingerprint density at radius 1 is 0.965 bits per heavy atom. The summed E-state index contributed by atoms with van der Waals surface area (Å²) in [6.07, 6.45) is 1.15. The zero-order chi connectivity index (χ0) is 40.7. The number of carbonyl (C=O) groups is 2. The highest BCUT2D eigenvalue weighted by Crippen LogP contribution is 2.75. The lowest BCUT2D eigenvalue weighted by atomic mass is 9.49. The summed E-state index contributed by atoms with van der Waals surface area (Å²) in [4.78, 5) is 26.7. The van der Waals surface area contributed by atoms with Crippen molar-refractivity contribution in [1.82, 2.24) is 0 Å². The standard InChI is InChI=1S/C44H58O13/c1-22(2)18-32(47)52-29-14-10-11-15-31(46)53-34-23(3)19-30-41(34,50)38(48)40(21-45)36(54-40)33-37-43(51,39(6,49)20-26-16-17-28(29)24(26)4)35-25(5)42(30,33)57-44(55-35,56-37)27-12-8-7-9-13-27/h7-15,22-26,28-30,33-38,45,48-51H,16-21H2,1-6H3/b14-10+,15-11-/t23-,24-,25+,26+,28-,29-,30+,33-,34-,35-,36-,37+,38+,39+,40-,41+,42-,43-,44?/m0/s1. The quantitative estimate of drug-likeness (QED) is 0.216.